The quantitative estimate of drug-likeness (QED) is 0.222. The van der Waals surface area contributed by atoms with E-state index in [2.05, 4.69) is 10.5 Å². The van der Waals surface area contributed by atoms with E-state index < -0.39 is 0 Å². The molecule has 1 aromatic rings. The van der Waals surface area contributed by atoms with Crippen LogP contribution in [0.3, 0.4) is 0 Å². The summed E-state index contributed by atoms with van der Waals surface area (Å²) in [5, 5.41) is 15.0. The lowest BCUT2D eigenvalue weighted by Gasteiger charge is -2.10. The molecule has 1 aliphatic rings. The molecule has 1 aliphatic carbocycles. The first-order valence-electron chi connectivity index (χ1n) is 7.06. The second-order valence-electron chi connectivity index (χ2n) is 5.32. The number of nitrogens with two attached hydrogens (primary N) is 1. The lowest BCUT2D eigenvalue weighted by Crippen LogP contribution is -2.20. The number of oxime groups is 1. The van der Waals surface area contributed by atoms with Crippen LogP contribution in [0.1, 0.15) is 29.5 Å². The van der Waals surface area contributed by atoms with Crippen LogP contribution < -0.4 is 11.1 Å². The molecule has 110 valence electrons. The molecule has 1 aromatic carbocycles. The fraction of sp³-hybridized carbons (Fsp3) is 0.533. The fourth-order valence-electron chi connectivity index (χ4n) is 2.01. The smallest absolute Gasteiger partial charge is 0.170 e. The number of hydrogen-bond acceptors (Lipinski definition) is 4. The van der Waals surface area contributed by atoms with E-state index in [0.717, 1.165) is 43.3 Å². The van der Waals surface area contributed by atoms with Gasteiger partial charge in [-0.15, -0.1) is 0 Å². The third kappa shape index (κ3) is 4.51. The van der Waals surface area contributed by atoms with Gasteiger partial charge in [-0.1, -0.05) is 17.3 Å². The Bertz CT molecular complexity index is 470. The van der Waals surface area contributed by atoms with Gasteiger partial charge in [0.1, 0.15) is 0 Å². The minimum Gasteiger partial charge on any atom is -0.409 e. The maximum Gasteiger partial charge on any atom is 0.170 e. The summed E-state index contributed by atoms with van der Waals surface area (Å²) in [6, 6.07) is 5.79. The van der Waals surface area contributed by atoms with Crippen LogP contribution in [0.4, 0.5) is 0 Å². The molecule has 0 aliphatic heterocycles. The van der Waals surface area contributed by atoms with E-state index in [9.17, 15) is 0 Å². The van der Waals surface area contributed by atoms with Crippen LogP contribution in [0, 0.1) is 12.8 Å². The van der Waals surface area contributed by atoms with Crippen LogP contribution in [-0.2, 0) is 11.3 Å². The second kappa shape index (κ2) is 7.26. The third-order valence-corrected chi connectivity index (χ3v) is 3.54. The number of nitrogens with one attached hydrogen (secondary N) is 1. The summed E-state index contributed by atoms with van der Waals surface area (Å²) in [6.45, 7) is 5.35. The topological polar surface area (TPSA) is 79.9 Å². The van der Waals surface area contributed by atoms with Gasteiger partial charge in [-0.25, -0.2) is 0 Å². The zero-order valence-corrected chi connectivity index (χ0v) is 11.9. The van der Waals surface area contributed by atoms with Crippen molar-refractivity contribution in [1.29, 1.82) is 0 Å². The van der Waals surface area contributed by atoms with Crippen molar-refractivity contribution < 1.29 is 9.94 Å². The Morgan fingerprint density at radius 1 is 1.50 bits per heavy atom. The summed E-state index contributed by atoms with van der Waals surface area (Å²) >= 11 is 0. The van der Waals surface area contributed by atoms with Gasteiger partial charge in [-0.2, -0.15) is 0 Å². The van der Waals surface area contributed by atoms with E-state index in [1.807, 2.05) is 25.1 Å². The molecular weight excluding hydrogens is 254 g/mol. The predicted octanol–water partition coefficient (Wildman–Crippen LogP) is 1.61. The molecule has 5 heteroatoms. The summed E-state index contributed by atoms with van der Waals surface area (Å²) in [5.74, 6) is 0.963. The molecule has 5 nitrogen and oxygen atoms in total. The van der Waals surface area contributed by atoms with E-state index in [1.54, 1.807) is 0 Å². The Balaban J connectivity index is 1.71. The van der Waals surface area contributed by atoms with Gasteiger partial charge < -0.3 is 21.0 Å². The second-order valence-corrected chi connectivity index (χ2v) is 5.32. The highest BCUT2D eigenvalue weighted by Crippen LogP contribution is 2.28. The van der Waals surface area contributed by atoms with Crippen molar-refractivity contribution in [2.75, 3.05) is 19.8 Å². The van der Waals surface area contributed by atoms with Crippen molar-refractivity contribution in [3.8, 4) is 0 Å². The van der Waals surface area contributed by atoms with Crippen LogP contribution in [0.15, 0.2) is 23.4 Å². The van der Waals surface area contributed by atoms with Crippen molar-refractivity contribution in [3.63, 3.8) is 0 Å². The van der Waals surface area contributed by atoms with Gasteiger partial charge >= 0.3 is 0 Å². The maximum atomic E-state index is 8.65. The molecule has 0 radical (unpaired) electrons. The minimum atomic E-state index is 0.140. The first kappa shape index (κ1) is 14.8. The number of amidine groups is 1. The molecule has 0 bridgehead atoms. The highest BCUT2D eigenvalue weighted by molar-refractivity contribution is 5.97. The minimum absolute atomic E-state index is 0.140. The van der Waals surface area contributed by atoms with Gasteiger partial charge in [0.25, 0.3) is 0 Å². The van der Waals surface area contributed by atoms with Crippen molar-refractivity contribution in [3.05, 3.63) is 34.9 Å². The largest absolute Gasteiger partial charge is 0.409 e. The maximum absolute atomic E-state index is 8.65. The fourth-order valence-corrected chi connectivity index (χ4v) is 2.01. The molecule has 0 amide bonds. The van der Waals surface area contributed by atoms with Crippen LogP contribution in [0.2, 0.25) is 0 Å². The SMILES string of the molecule is Cc1cc(/C(N)=N/O)ccc1CNCCOCC1CC1. The van der Waals surface area contributed by atoms with Crippen molar-refractivity contribution in [2.24, 2.45) is 16.8 Å². The molecule has 0 heterocycles. The Morgan fingerprint density at radius 2 is 2.30 bits per heavy atom. The molecule has 1 fully saturated rings. The standard InChI is InChI=1S/C15H23N3O2/c1-11-8-13(15(16)18-19)4-5-14(11)9-17-6-7-20-10-12-2-3-12/h4-5,8,12,17,19H,2-3,6-7,9-10H2,1H3,(H2,16,18). The molecule has 0 spiro atoms. The molecule has 1 saturated carbocycles. The summed E-state index contributed by atoms with van der Waals surface area (Å²) in [6.07, 6.45) is 2.67. The van der Waals surface area contributed by atoms with E-state index in [0.29, 0.717) is 0 Å². The summed E-state index contributed by atoms with van der Waals surface area (Å²) < 4.78 is 5.57. The predicted molar refractivity (Wildman–Crippen MR) is 78.9 cm³/mol. The van der Waals surface area contributed by atoms with Crippen LogP contribution >= 0.6 is 0 Å². The average molecular weight is 277 g/mol. The van der Waals surface area contributed by atoms with Gasteiger partial charge in [0, 0.05) is 25.3 Å². The summed E-state index contributed by atoms with van der Waals surface area (Å²) in [7, 11) is 0. The van der Waals surface area contributed by atoms with Gasteiger partial charge in [0.2, 0.25) is 0 Å². The van der Waals surface area contributed by atoms with Gasteiger partial charge in [-0.05, 0) is 42.9 Å². The summed E-state index contributed by atoms with van der Waals surface area (Å²) in [5.41, 5.74) is 8.64. The normalized spacial score (nSPS) is 15.6. The van der Waals surface area contributed by atoms with E-state index in [1.165, 1.54) is 18.4 Å². The Hall–Kier alpha value is -1.59. The molecule has 0 atom stereocenters. The number of hydrogen-bond donors (Lipinski definition) is 3. The Labute approximate surface area is 119 Å². The molecule has 20 heavy (non-hydrogen) atoms. The average Bonchev–Trinajstić information content (AvgIpc) is 3.27. The van der Waals surface area contributed by atoms with Gasteiger partial charge in [0.15, 0.2) is 5.84 Å². The number of aryl methyl sites for hydroxylation is 1. The van der Waals surface area contributed by atoms with Crippen molar-refractivity contribution >= 4 is 5.84 Å². The number of ether oxygens (including phenoxy) is 1. The van der Waals surface area contributed by atoms with Crippen LogP contribution in [-0.4, -0.2) is 30.8 Å². The van der Waals surface area contributed by atoms with Gasteiger partial charge in [-0.3, -0.25) is 0 Å². The highest BCUT2D eigenvalue weighted by Gasteiger charge is 2.20. The van der Waals surface area contributed by atoms with Gasteiger partial charge in [0.05, 0.1) is 6.61 Å². The van der Waals surface area contributed by atoms with Crippen molar-refractivity contribution in [2.45, 2.75) is 26.3 Å². The highest BCUT2D eigenvalue weighted by atomic mass is 16.5. The summed E-state index contributed by atoms with van der Waals surface area (Å²) in [4.78, 5) is 0. The molecule has 0 aromatic heterocycles. The van der Waals surface area contributed by atoms with Crippen molar-refractivity contribution in [1.82, 2.24) is 5.32 Å². The zero-order valence-electron chi connectivity index (χ0n) is 11.9. The van der Waals surface area contributed by atoms with E-state index in [4.69, 9.17) is 15.7 Å². The molecule has 0 unspecified atom stereocenters. The lowest BCUT2D eigenvalue weighted by atomic mass is 10.0. The van der Waals surface area contributed by atoms with E-state index in [-0.39, 0.29) is 5.84 Å². The molecule has 4 N–H and O–H groups in total. The monoisotopic (exact) mass is 277 g/mol. The molecule has 2 rings (SSSR count). The van der Waals surface area contributed by atoms with Crippen LogP contribution in [0.5, 0.6) is 0 Å². The lowest BCUT2D eigenvalue weighted by molar-refractivity contribution is 0.126. The molecular formula is C15H23N3O2. The third-order valence-electron chi connectivity index (χ3n) is 3.54. The van der Waals surface area contributed by atoms with E-state index >= 15 is 0 Å². The number of rotatable bonds is 8. The molecule has 0 saturated heterocycles. The Morgan fingerprint density at radius 3 is 2.95 bits per heavy atom. The first-order chi connectivity index (χ1) is 9.70. The van der Waals surface area contributed by atoms with Crippen LogP contribution in [0.25, 0.3) is 0 Å². The number of benzene rings is 1. The first-order valence-corrected chi connectivity index (χ1v) is 7.06. The number of nitrogens with zero attached hydrogens (tertiary/aromatic N) is 1. The Kier molecular flexibility index (Phi) is 5.38. The zero-order chi connectivity index (χ0) is 14.4.